The Labute approximate surface area is 140 Å². The number of nitrogens with zero attached hydrogens (tertiary/aromatic N) is 4. The summed E-state index contributed by atoms with van der Waals surface area (Å²) in [5, 5.41) is 27.1. The van der Waals surface area contributed by atoms with Gasteiger partial charge >= 0.3 is 0 Å². The molecule has 9 nitrogen and oxygen atoms in total. The normalized spacial score (nSPS) is 10.5. The quantitative estimate of drug-likeness (QED) is 0.554. The number of aromatic nitrogens is 4. The van der Waals surface area contributed by atoms with Crippen LogP contribution in [0.15, 0.2) is 36.4 Å². The lowest BCUT2D eigenvalue weighted by molar-refractivity contribution is -0.385. The zero-order valence-corrected chi connectivity index (χ0v) is 12.9. The predicted molar refractivity (Wildman–Crippen MR) is 85.4 cm³/mol. The Kier molecular flexibility index (Phi) is 4.16. The number of anilines is 1. The predicted octanol–water partition coefficient (Wildman–Crippen LogP) is 2.47. The van der Waals surface area contributed by atoms with Gasteiger partial charge in [0.2, 0.25) is 5.82 Å². The zero-order valence-electron chi connectivity index (χ0n) is 12.9. The number of halogens is 1. The van der Waals surface area contributed by atoms with Crippen molar-refractivity contribution in [2.45, 2.75) is 6.92 Å². The van der Waals surface area contributed by atoms with E-state index in [4.69, 9.17) is 0 Å². The number of aryl methyl sites for hydroxylation is 1. The summed E-state index contributed by atoms with van der Waals surface area (Å²) in [6.45, 7) is 1.37. The second kappa shape index (κ2) is 6.43. The Morgan fingerprint density at radius 1 is 1.28 bits per heavy atom. The molecule has 2 aromatic carbocycles. The molecule has 0 aliphatic carbocycles. The number of aromatic amines is 1. The van der Waals surface area contributed by atoms with E-state index in [1.807, 2.05) is 0 Å². The fourth-order valence-electron chi connectivity index (χ4n) is 2.34. The van der Waals surface area contributed by atoms with Crippen LogP contribution in [0, 0.1) is 22.9 Å². The van der Waals surface area contributed by atoms with Crippen molar-refractivity contribution in [3.8, 4) is 11.4 Å². The third-order valence-corrected chi connectivity index (χ3v) is 3.44. The van der Waals surface area contributed by atoms with Gasteiger partial charge in [-0.25, -0.2) is 4.39 Å². The van der Waals surface area contributed by atoms with Crippen molar-refractivity contribution >= 4 is 17.3 Å². The van der Waals surface area contributed by atoms with Crippen LogP contribution in [-0.4, -0.2) is 31.5 Å². The number of amides is 1. The molecule has 0 radical (unpaired) electrons. The van der Waals surface area contributed by atoms with Crippen molar-refractivity contribution < 1.29 is 14.1 Å². The fourth-order valence-corrected chi connectivity index (χ4v) is 2.34. The van der Waals surface area contributed by atoms with E-state index < -0.39 is 22.3 Å². The van der Waals surface area contributed by atoms with Crippen LogP contribution in [0.25, 0.3) is 11.4 Å². The van der Waals surface area contributed by atoms with Crippen LogP contribution in [0.4, 0.5) is 15.8 Å². The van der Waals surface area contributed by atoms with Crippen LogP contribution in [0.5, 0.6) is 0 Å². The molecule has 0 saturated heterocycles. The van der Waals surface area contributed by atoms with E-state index in [0.717, 1.165) is 12.1 Å². The topological polar surface area (TPSA) is 127 Å². The summed E-state index contributed by atoms with van der Waals surface area (Å²) < 4.78 is 13.6. The Morgan fingerprint density at radius 2 is 2.00 bits per heavy atom. The fraction of sp³-hybridized carbons (Fsp3) is 0.0667. The molecule has 0 unspecified atom stereocenters. The van der Waals surface area contributed by atoms with Crippen molar-refractivity contribution in [3.63, 3.8) is 0 Å². The van der Waals surface area contributed by atoms with Gasteiger partial charge in [0.1, 0.15) is 11.4 Å². The summed E-state index contributed by atoms with van der Waals surface area (Å²) in [4.78, 5) is 22.8. The number of hydrogen-bond acceptors (Lipinski definition) is 6. The molecular formula is C15H11FN6O3. The highest BCUT2D eigenvalue weighted by molar-refractivity contribution is 6.07. The summed E-state index contributed by atoms with van der Waals surface area (Å²) >= 11 is 0. The van der Waals surface area contributed by atoms with Crippen LogP contribution in [0.2, 0.25) is 0 Å². The molecule has 3 rings (SSSR count). The second-order valence-electron chi connectivity index (χ2n) is 5.14. The number of H-pyrrole nitrogens is 1. The Bertz CT molecular complexity index is 941. The van der Waals surface area contributed by atoms with Crippen LogP contribution < -0.4 is 5.32 Å². The molecule has 0 atom stereocenters. The minimum Gasteiger partial charge on any atom is -0.322 e. The number of nitro groups is 1. The second-order valence-corrected chi connectivity index (χ2v) is 5.14. The maximum atomic E-state index is 13.6. The van der Waals surface area contributed by atoms with Gasteiger partial charge in [0.25, 0.3) is 11.6 Å². The van der Waals surface area contributed by atoms with E-state index in [-0.39, 0.29) is 11.1 Å². The third-order valence-electron chi connectivity index (χ3n) is 3.44. The summed E-state index contributed by atoms with van der Waals surface area (Å²) in [7, 11) is 0. The highest BCUT2D eigenvalue weighted by Gasteiger charge is 2.24. The Morgan fingerprint density at radius 3 is 2.60 bits per heavy atom. The van der Waals surface area contributed by atoms with E-state index in [9.17, 15) is 19.3 Å². The van der Waals surface area contributed by atoms with Crippen molar-refractivity contribution in [1.29, 1.82) is 0 Å². The number of tetrazole rings is 1. The number of hydrogen-bond donors (Lipinski definition) is 2. The molecule has 2 N–H and O–H groups in total. The maximum absolute atomic E-state index is 13.6. The molecule has 0 bridgehead atoms. The third kappa shape index (κ3) is 3.32. The van der Waals surface area contributed by atoms with Crippen molar-refractivity contribution in [1.82, 2.24) is 20.6 Å². The molecule has 0 spiro atoms. The number of nitrogens with one attached hydrogen (secondary N) is 2. The van der Waals surface area contributed by atoms with E-state index in [1.165, 1.54) is 6.92 Å². The van der Waals surface area contributed by atoms with E-state index >= 15 is 0 Å². The summed E-state index contributed by atoms with van der Waals surface area (Å²) in [5.41, 5.74) is 0.349. The lowest BCUT2D eigenvalue weighted by atomic mass is 10.1. The largest absolute Gasteiger partial charge is 0.322 e. The lowest BCUT2D eigenvalue weighted by Gasteiger charge is -2.08. The molecule has 126 valence electrons. The lowest BCUT2D eigenvalue weighted by Crippen LogP contribution is -2.15. The first-order valence-electron chi connectivity index (χ1n) is 7.05. The van der Waals surface area contributed by atoms with Crippen molar-refractivity contribution in [2.24, 2.45) is 0 Å². The van der Waals surface area contributed by atoms with Crippen LogP contribution in [0.3, 0.4) is 0 Å². The average Bonchev–Trinajstić information content (AvgIpc) is 3.08. The molecule has 0 aliphatic heterocycles. The van der Waals surface area contributed by atoms with E-state index in [0.29, 0.717) is 17.1 Å². The first kappa shape index (κ1) is 16.2. The summed E-state index contributed by atoms with van der Waals surface area (Å²) in [6.07, 6.45) is 0. The minimum atomic E-state index is -0.776. The molecule has 1 amide bonds. The smallest absolute Gasteiger partial charge is 0.285 e. The SMILES string of the molecule is Cc1cc(F)cc(C(=O)Nc2ccc(-c3nn[nH]n3)cc2)c1[N+](=O)[O-]. The monoisotopic (exact) mass is 342 g/mol. The first-order chi connectivity index (χ1) is 12.0. The van der Waals surface area contributed by atoms with E-state index in [2.05, 4.69) is 25.9 Å². The summed E-state index contributed by atoms with van der Waals surface area (Å²) in [5.74, 6) is -1.11. The number of benzene rings is 2. The number of carbonyl (C=O) groups is 1. The van der Waals surface area contributed by atoms with Gasteiger partial charge in [-0.05, 0) is 48.5 Å². The molecule has 25 heavy (non-hydrogen) atoms. The van der Waals surface area contributed by atoms with Gasteiger partial charge in [0.15, 0.2) is 0 Å². The number of carbonyl (C=O) groups excluding carboxylic acids is 1. The average molecular weight is 342 g/mol. The minimum absolute atomic E-state index is 0.0719. The Hall–Kier alpha value is -3.69. The van der Waals surface area contributed by atoms with Crippen LogP contribution in [-0.2, 0) is 0 Å². The summed E-state index contributed by atoms with van der Waals surface area (Å²) in [6, 6.07) is 8.28. The van der Waals surface area contributed by atoms with Gasteiger partial charge < -0.3 is 5.32 Å². The Balaban J connectivity index is 1.87. The molecule has 0 saturated carbocycles. The maximum Gasteiger partial charge on any atom is 0.285 e. The molecule has 1 heterocycles. The van der Waals surface area contributed by atoms with Crippen LogP contribution in [0.1, 0.15) is 15.9 Å². The zero-order chi connectivity index (χ0) is 18.0. The number of nitro benzene ring substituents is 1. The molecule has 3 aromatic rings. The first-order valence-corrected chi connectivity index (χ1v) is 7.05. The van der Waals surface area contributed by atoms with Crippen LogP contribution >= 0.6 is 0 Å². The van der Waals surface area contributed by atoms with Crippen molar-refractivity contribution in [2.75, 3.05) is 5.32 Å². The van der Waals surface area contributed by atoms with Gasteiger partial charge in [-0.2, -0.15) is 5.21 Å². The van der Waals surface area contributed by atoms with Gasteiger partial charge in [-0.1, -0.05) is 0 Å². The molecule has 1 aromatic heterocycles. The van der Waals surface area contributed by atoms with Crippen molar-refractivity contribution in [3.05, 3.63) is 63.5 Å². The highest BCUT2D eigenvalue weighted by Crippen LogP contribution is 2.26. The van der Waals surface area contributed by atoms with E-state index in [1.54, 1.807) is 24.3 Å². The van der Waals surface area contributed by atoms with Gasteiger partial charge in [0.05, 0.1) is 4.92 Å². The number of rotatable bonds is 4. The highest BCUT2D eigenvalue weighted by atomic mass is 19.1. The molecule has 0 aliphatic rings. The van der Waals surface area contributed by atoms with Gasteiger partial charge in [-0.3, -0.25) is 14.9 Å². The van der Waals surface area contributed by atoms with Gasteiger partial charge in [-0.15, -0.1) is 10.2 Å². The molecular weight excluding hydrogens is 331 g/mol. The standard InChI is InChI=1S/C15H11FN6O3/c1-8-6-10(16)7-12(13(8)22(24)25)15(23)17-11-4-2-9(3-5-11)14-18-20-21-19-14/h2-7H,1H3,(H,17,23)(H,18,19,20,21). The molecule has 10 heteroatoms. The van der Waals surface area contributed by atoms with Gasteiger partial charge in [0, 0.05) is 16.8 Å². The molecule has 0 fully saturated rings.